The minimum Gasteiger partial charge on any atom is -0.481 e. The van der Waals surface area contributed by atoms with Crippen molar-refractivity contribution in [1.82, 2.24) is 4.90 Å². The van der Waals surface area contributed by atoms with Crippen LogP contribution in [-0.2, 0) is 9.59 Å². The van der Waals surface area contributed by atoms with Crippen LogP contribution in [0.25, 0.3) is 0 Å². The number of carboxylic acid groups (broad SMARTS) is 1. The summed E-state index contributed by atoms with van der Waals surface area (Å²) in [5.41, 5.74) is 5.60. The summed E-state index contributed by atoms with van der Waals surface area (Å²) in [5.74, 6) is 0.812. The van der Waals surface area contributed by atoms with Crippen molar-refractivity contribution in [3.8, 4) is 0 Å². The lowest BCUT2D eigenvalue weighted by Crippen LogP contribution is -2.55. The van der Waals surface area contributed by atoms with Crippen molar-refractivity contribution in [2.45, 2.75) is 44.7 Å². The molecule has 1 heterocycles. The van der Waals surface area contributed by atoms with E-state index < -0.39 is 11.4 Å². The molecule has 2 rings (SSSR count). The van der Waals surface area contributed by atoms with Gasteiger partial charge in [0.25, 0.3) is 0 Å². The zero-order valence-electron chi connectivity index (χ0n) is 11.3. The van der Waals surface area contributed by atoms with Crippen molar-refractivity contribution in [2.75, 3.05) is 18.1 Å². The van der Waals surface area contributed by atoms with Gasteiger partial charge in [-0.05, 0) is 19.8 Å². The smallest absolute Gasteiger partial charge is 0.305 e. The third kappa shape index (κ3) is 2.89. The number of aliphatic carboxylic acids is 1. The zero-order chi connectivity index (χ0) is 14.0. The molecule has 0 aromatic carbocycles. The Balaban J connectivity index is 2.13. The van der Waals surface area contributed by atoms with E-state index in [1.165, 1.54) is 0 Å². The molecule has 3 unspecified atom stereocenters. The summed E-state index contributed by atoms with van der Waals surface area (Å²) in [6, 6.07) is -0.284. The first kappa shape index (κ1) is 14.7. The van der Waals surface area contributed by atoms with Gasteiger partial charge < -0.3 is 15.7 Å². The highest BCUT2D eigenvalue weighted by Gasteiger charge is 2.46. The van der Waals surface area contributed by atoms with Crippen molar-refractivity contribution in [1.29, 1.82) is 0 Å². The van der Waals surface area contributed by atoms with E-state index in [0.29, 0.717) is 12.3 Å². The lowest BCUT2D eigenvalue weighted by Gasteiger charge is -2.41. The molecule has 1 aliphatic heterocycles. The quantitative estimate of drug-likeness (QED) is 0.806. The Kier molecular flexibility index (Phi) is 4.40. The SMILES string of the molecule is CC1(C(=O)N2CCSCC2CC(=O)O)CCCC1N. The molecule has 2 aliphatic rings. The maximum atomic E-state index is 12.8. The Bertz CT molecular complexity index is 377. The lowest BCUT2D eigenvalue weighted by molar-refractivity contribution is -0.146. The van der Waals surface area contributed by atoms with Crippen molar-refractivity contribution in [2.24, 2.45) is 11.1 Å². The van der Waals surface area contributed by atoms with Gasteiger partial charge in [-0.3, -0.25) is 9.59 Å². The fourth-order valence-electron chi connectivity index (χ4n) is 3.08. The predicted octanol–water partition coefficient (Wildman–Crippen LogP) is 0.923. The highest BCUT2D eigenvalue weighted by Crippen LogP contribution is 2.39. The summed E-state index contributed by atoms with van der Waals surface area (Å²) in [5, 5.41) is 8.97. The van der Waals surface area contributed by atoms with E-state index in [1.54, 1.807) is 16.7 Å². The summed E-state index contributed by atoms with van der Waals surface area (Å²) in [6.45, 7) is 2.58. The molecule has 19 heavy (non-hydrogen) atoms. The van der Waals surface area contributed by atoms with E-state index in [9.17, 15) is 9.59 Å². The number of rotatable bonds is 3. The van der Waals surface area contributed by atoms with Gasteiger partial charge in [0.15, 0.2) is 0 Å². The lowest BCUT2D eigenvalue weighted by atomic mass is 9.83. The minimum atomic E-state index is -0.842. The molecule has 6 heteroatoms. The van der Waals surface area contributed by atoms with Crippen molar-refractivity contribution < 1.29 is 14.7 Å². The molecule has 0 radical (unpaired) electrons. The van der Waals surface area contributed by atoms with E-state index in [2.05, 4.69) is 0 Å². The summed E-state index contributed by atoms with van der Waals surface area (Å²) in [6.07, 6.45) is 2.71. The molecular formula is C13H22N2O3S. The topological polar surface area (TPSA) is 83.6 Å². The second-order valence-corrected chi connectivity index (χ2v) is 6.89. The molecule has 0 bridgehead atoms. The van der Waals surface area contributed by atoms with Gasteiger partial charge >= 0.3 is 5.97 Å². The average Bonchev–Trinajstić information content (AvgIpc) is 2.70. The fourth-order valence-corrected chi connectivity index (χ4v) is 4.14. The molecule has 1 saturated carbocycles. The van der Waals surface area contributed by atoms with Gasteiger partial charge in [0, 0.05) is 24.1 Å². The van der Waals surface area contributed by atoms with E-state index in [0.717, 1.165) is 25.0 Å². The van der Waals surface area contributed by atoms with Gasteiger partial charge in [0.05, 0.1) is 17.9 Å². The molecule has 5 nitrogen and oxygen atoms in total. The molecule has 1 saturated heterocycles. The number of carbonyl (C=O) groups excluding carboxylic acids is 1. The number of nitrogens with two attached hydrogens (primary N) is 1. The first-order chi connectivity index (χ1) is 8.95. The molecule has 1 amide bonds. The maximum absolute atomic E-state index is 12.8. The fraction of sp³-hybridized carbons (Fsp3) is 0.846. The highest BCUT2D eigenvalue weighted by molar-refractivity contribution is 7.99. The Labute approximate surface area is 117 Å². The predicted molar refractivity (Wildman–Crippen MR) is 75.0 cm³/mol. The van der Waals surface area contributed by atoms with Gasteiger partial charge in [-0.15, -0.1) is 0 Å². The Morgan fingerprint density at radius 2 is 2.26 bits per heavy atom. The van der Waals surface area contributed by atoms with Crippen LogP contribution in [0.5, 0.6) is 0 Å². The van der Waals surface area contributed by atoms with Gasteiger partial charge in [-0.25, -0.2) is 0 Å². The molecule has 0 aromatic heterocycles. The third-order valence-electron chi connectivity index (χ3n) is 4.42. The van der Waals surface area contributed by atoms with E-state index >= 15 is 0 Å². The number of carboxylic acids is 1. The number of hydrogen-bond donors (Lipinski definition) is 2. The van der Waals surface area contributed by atoms with Crippen LogP contribution in [0.1, 0.15) is 32.6 Å². The number of carbonyl (C=O) groups is 2. The molecule has 108 valence electrons. The molecular weight excluding hydrogens is 264 g/mol. The number of hydrogen-bond acceptors (Lipinski definition) is 4. The summed E-state index contributed by atoms with van der Waals surface area (Å²) in [4.78, 5) is 25.5. The highest BCUT2D eigenvalue weighted by atomic mass is 32.2. The van der Waals surface area contributed by atoms with Crippen LogP contribution in [0.2, 0.25) is 0 Å². The number of nitrogens with zero attached hydrogens (tertiary/aromatic N) is 1. The number of thioether (sulfide) groups is 1. The summed E-state index contributed by atoms with van der Waals surface area (Å²) >= 11 is 1.72. The molecule has 1 aliphatic carbocycles. The Morgan fingerprint density at radius 1 is 1.53 bits per heavy atom. The standard InChI is InChI=1S/C13H22N2O3S/c1-13(4-2-3-10(13)14)12(18)15-5-6-19-8-9(15)7-11(16)17/h9-10H,2-8,14H2,1H3,(H,16,17). The largest absolute Gasteiger partial charge is 0.481 e. The van der Waals surface area contributed by atoms with Gasteiger partial charge in [-0.1, -0.05) is 6.42 Å². The van der Waals surface area contributed by atoms with Gasteiger partial charge in [0.1, 0.15) is 0 Å². The third-order valence-corrected chi connectivity index (χ3v) is 5.51. The summed E-state index contributed by atoms with van der Waals surface area (Å²) < 4.78 is 0. The molecule has 3 atom stereocenters. The molecule has 0 aromatic rings. The Morgan fingerprint density at radius 3 is 2.84 bits per heavy atom. The normalized spacial score (nSPS) is 35.4. The Hall–Kier alpha value is -0.750. The van der Waals surface area contributed by atoms with Gasteiger partial charge in [0.2, 0.25) is 5.91 Å². The van der Waals surface area contributed by atoms with E-state index in [1.807, 2.05) is 6.92 Å². The molecule has 3 N–H and O–H groups in total. The van der Waals surface area contributed by atoms with Crippen LogP contribution in [-0.4, -0.2) is 52.0 Å². The van der Waals surface area contributed by atoms with Crippen molar-refractivity contribution in [3.05, 3.63) is 0 Å². The van der Waals surface area contributed by atoms with Crippen LogP contribution in [0.4, 0.5) is 0 Å². The first-order valence-electron chi connectivity index (χ1n) is 6.81. The van der Waals surface area contributed by atoms with Crippen LogP contribution >= 0.6 is 11.8 Å². The molecule has 2 fully saturated rings. The van der Waals surface area contributed by atoms with Crippen molar-refractivity contribution >= 4 is 23.6 Å². The average molecular weight is 286 g/mol. The van der Waals surface area contributed by atoms with Gasteiger partial charge in [-0.2, -0.15) is 11.8 Å². The van der Waals surface area contributed by atoms with E-state index in [4.69, 9.17) is 10.8 Å². The first-order valence-corrected chi connectivity index (χ1v) is 7.97. The zero-order valence-corrected chi connectivity index (χ0v) is 12.1. The summed E-state index contributed by atoms with van der Waals surface area (Å²) in [7, 11) is 0. The van der Waals surface area contributed by atoms with Crippen LogP contribution in [0.15, 0.2) is 0 Å². The van der Waals surface area contributed by atoms with Crippen LogP contribution in [0.3, 0.4) is 0 Å². The molecule has 0 spiro atoms. The van der Waals surface area contributed by atoms with Crippen molar-refractivity contribution in [3.63, 3.8) is 0 Å². The number of amides is 1. The van der Waals surface area contributed by atoms with Crippen LogP contribution < -0.4 is 5.73 Å². The van der Waals surface area contributed by atoms with Crippen LogP contribution in [0, 0.1) is 5.41 Å². The monoisotopic (exact) mass is 286 g/mol. The maximum Gasteiger partial charge on any atom is 0.305 e. The minimum absolute atomic E-state index is 0.0318. The van der Waals surface area contributed by atoms with E-state index in [-0.39, 0.29) is 24.4 Å². The second kappa shape index (κ2) is 5.71. The second-order valence-electron chi connectivity index (χ2n) is 5.74.